The van der Waals surface area contributed by atoms with Gasteiger partial charge in [-0.25, -0.2) is 0 Å². The smallest absolute Gasteiger partial charge is 0.309 e. The van der Waals surface area contributed by atoms with Gasteiger partial charge in [-0.05, 0) is 12.1 Å². The van der Waals surface area contributed by atoms with Crippen molar-refractivity contribution in [3.63, 3.8) is 0 Å². The van der Waals surface area contributed by atoms with Gasteiger partial charge >= 0.3 is 5.97 Å². The van der Waals surface area contributed by atoms with Crippen LogP contribution in [-0.4, -0.2) is 47.2 Å². The third-order valence-electron chi connectivity index (χ3n) is 2.11. The van der Waals surface area contributed by atoms with Crippen molar-refractivity contribution in [1.82, 2.24) is 4.98 Å². The van der Waals surface area contributed by atoms with Gasteiger partial charge < -0.3 is 15.2 Å². The lowest BCUT2D eigenvalue weighted by atomic mass is 10.2. The van der Waals surface area contributed by atoms with Crippen LogP contribution >= 0.6 is 11.8 Å². The van der Waals surface area contributed by atoms with E-state index in [1.807, 2.05) is 0 Å². The average Bonchev–Trinajstić information content (AvgIpc) is 2.36. The summed E-state index contributed by atoms with van der Waals surface area (Å²) in [7, 11) is 1.62. The number of carbonyl (C=O) groups is 2. The number of hydrogen-bond acceptors (Lipinski definition) is 5. The third-order valence-corrected chi connectivity index (χ3v) is 3.03. The minimum Gasteiger partial charge on any atom is -0.481 e. The Labute approximate surface area is 115 Å². The molecule has 6 nitrogen and oxygen atoms in total. The molecule has 0 fully saturated rings. The standard InChI is InChI=1S/C12H16N2O4S/c1-18-4-5-19-8-11(15)14-10-3-2-9(13-7-10)6-12(16)17/h2-3,7H,4-6,8H2,1H3,(H,14,15)(H,16,17). The van der Waals surface area contributed by atoms with Gasteiger partial charge in [0.1, 0.15) is 0 Å². The van der Waals surface area contributed by atoms with Crippen LogP contribution < -0.4 is 5.32 Å². The van der Waals surface area contributed by atoms with Crippen molar-refractivity contribution in [3.05, 3.63) is 24.0 Å². The van der Waals surface area contributed by atoms with Crippen LogP contribution in [0.25, 0.3) is 0 Å². The number of nitrogens with one attached hydrogen (secondary N) is 1. The van der Waals surface area contributed by atoms with Gasteiger partial charge in [-0.15, -0.1) is 11.8 Å². The van der Waals surface area contributed by atoms with Crippen molar-refractivity contribution in [2.45, 2.75) is 6.42 Å². The van der Waals surface area contributed by atoms with Crippen LogP contribution in [0.1, 0.15) is 5.69 Å². The summed E-state index contributed by atoms with van der Waals surface area (Å²) in [5, 5.41) is 11.3. The van der Waals surface area contributed by atoms with E-state index in [2.05, 4.69) is 10.3 Å². The Kier molecular flexibility index (Phi) is 6.91. The summed E-state index contributed by atoms with van der Waals surface area (Å²) in [6.45, 7) is 0.614. The highest BCUT2D eigenvalue weighted by molar-refractivity contribution is 7.99. The zero-order chi connectivity index (χ0) is 14.1. The van der Waals surface area contributed by atoms with Gasteiger partial charge in [0, 0.05) is 12.9 Å². The maximum Gasteiger partial charge on any atom is 0.309 e. The van der Waals surface area contributed by atoms with E-state index < -0.39 is 5.97 Å². The number of thioether (sulfide) groups is 1. The van der Waals surface area contributed by atoms with Gasteiger partial charge in [0.2, 0.25) is 5.91 Å². The molecule has 0 saturated carbocycles. The summed E-state index contributed by atoms with van der Waals surface area (Å²) in [6.07, 6.45) is 1.33. The average molecular weight is 284 g/mol. The van der Waals surface area contributed by atoms with Gasteiger partial charge in [-0.2, -0.15) is 0 Å². The Bertz CT molecular complexity index is 422. The van der Waals surface area contributed by atoms with Crippen molar-refractivity contribution in [2.24, 2.45) is 0 Å². The van der Waals surface area contributed by atoms with Crippen molar-refractivity contribution >= 4 is 29.3 Å². The van der Waals surface area contributed by atoms with E-state index in [1.165, 1.54) is 18.0 Å². The van der Waals surface area contributed by atoms with Crippen molar-refractivity contribution in [1.29, 1.82) is 0 Å². The maximum absolute atomic E-state index is 11.5. The molecule has 1 aromatic heterocycles. The lowest BCUT2D eigenvalue weighted by Crippen LogP contribution is -2.15. The Morgan fingerprint density at radius 3 is 2.84 bits per heavy atom. The Hall–Kier alpha value is -1.60. The number of anilines is 1. The van der Waals surface area contributed by atoms with E-state index in [0.29, 0.717) is 23.7 Å². The van der Waals surface area contributed by atoms with E-state index in [9.17, 15) is 9.59 Å². The van der Waals surface area contributed by atoms with Crippen LogP contribution in [0.5, 0.6) is 0 Å². The molecule has 104 valence electrons. The number of pyridine rings is 1. The summed E-state index contributed by atoms with van der Waals surface area (Å²) in [5.41, 5.74) is 1.02. The predicted octanol–water partition coefficient (Wildman–Crippen LogP) is 1.03. The Morgan fingerprint density at radius 1 is 1.47 bits per heavy atom. The summed E-state index contributed by atoms with van der Waals surface area (Å²) < 4.78 is 4.88. The van der Waals surface area contributed by atoms with Gasteiger partial charge in [0.15, 0.2) is 0 Å². The Balaban J connectivity index is 2.36. The normalized spacial score (nSPS) is 10.2. The molecule has 0 aliphatic heterocycles. The topological polar surface area (TPSA) is 88.5 Å². The summed E-state index contributed by atoms with van der Waals surface area (Å²) in [5.74, 6) is 0.0627. The van der Waals surface area contributed by atoms with E-state index in [0.717, 1.165) is 5.75 Å². The number of methoxy groups -OCH3 is 1. The maximum atomic E-state index is 11.5. The number of ether oxygens (including phenoxy) is 1. The Morgan fingerprint density at radius 2 is 2.26 bits per heavy atom. The van der Waals surface area contributed by atoms with Gasteiger partial charge in [-0.1, -0.05) is 0 Å². The fraction of sp³-hybridized carbons (Fsp3) is 0.417. The molecule has 0 aliphatic rings. The molecule has 0 aromatic carbocycles. The van der Waals surface area contributed by atoms with Crippen molar-refractivity contribution in [2.75, 3.05) is 30.5 Å². The molecule has 1 heterocycles. The van der Waals surface area contributed by atoms with Crippen LogP contribution in [0, 0.1) is 0 Å². The van der Waals surface area contributed by atoms with Crippen LogP contribution in [0.3, 0.4) is 0 Å². The second-order valence-electron chi connectivity index (χ2n) is 3.70. The van der Waals surface area contributed by atoms with Gasteiger partial charge in [0.05, 0.1) is 36.4 Å². The lowest BCUT2D eigenvalue weighted by Gasteiger charge is -2.05. The van der Waals surface area contributed by atoms with E-state index in [1.54, 1.807) is 19.2 Å². The minimum absolute atomic E-state index is 0.117. The number of carbonyl (C=O) groups excluding carboxylic acids is 1. The SMILES string of the molecule is COCCSCC(=O)Nc1ccc(CC(=O)O)nc1. The number of nitrogens with zero attached hydrogens (tertiary/aromatic N) is 1. The molecule has 7 heteroatoms. The molecule has 1 rings (SSSR count). The number of carboxylic acid groups (broad SMARTS) is 1. The summed E-state index contributed by atoms with van der Waals surface area (Å²) >= 11 is 1.48. The van der Waals surface area contributed by atoms with E-state index >= 15 is 0 Å². The molecule has 1 aromatic rings. The van der Waals surface area contributed by atoms with E-state index in [-0.39, 0.29) is 12.3 Å². The molecule has 0 saturated heterocycles. The molecule has 19 heavy (non-hydrogen) atoms. The second kappa shape index (κ2) is 8.49. The first kappa shape index (κ1) is 15.5. The number of carboxylic acids is 1. The monoisotopic (exact) mass is 284 g/mol. The molecular weight excluding hydrogens is 268 g/mol. The molecule has 0 bridgehead atoms. The fourth-order valence-electron chi connectivity index (χ4n) is 1.26. The second-order valence-corrected chi connectivity index (χ2v) is 4.81. The quantitative estimate of drug-likeness (QED) is 0.693. The zero-order valence-electron chi connectivity index (χ0n) is 10.6. The van der Waals surface area contributed by atoms with Crippen LogP contribution in [0.15, 0.2) is 18.3 Å². The first-order chi connectivity index (χ1) is 9.11. The summed E-state index contributed by atoms with van der Waals surface area (Å²) in [4.78, 5) is 26.0. The number of amides is 1. The number of rotatable bonds is 8. The largest absolute Gasteiger partial charge is 0.481 e. The minimum atomic E-state index is -0.932. The molecule has 0 radical (unpaired) electrons. The van der Waals surface area contributed by atoms with Crippen LogP contribution in [-0.2, 0) is 20.7 Å². The third kappa shape index (κ3) is 6.78. The van der Waals surface area contributed by atoms with Gasteiger partial charge in [0.25, 0.3) is 0 Å². The predicted molar refractivity (Wildman–Crippen MR) is 73.4 cm³/mol. The van der Waals surface area contributed by atoms with Crippen molar-refractivity contribution < 1.29 is 19.4 Å². The molecule has 1 amide bonds. The van der Waals surface area contributed by atoms with Gasteiger partial charge in [-0.3, -0.25) is 14.6 Å². The zero-order valence-corrected chi connectivity index (χ0v) is 11.4. The molecule has 0 aliphatic carbocycles. The molecular formula is C12H16N2O4S. The highest BCUT2D eigenvalue weighted by atomic mass is 32.2. The summed E-state index contributed by atoms with van der Waals surface area (Å²) in [6, 6.07) is 3.23. The highest BCUT2D eigenvalue weighted by Gasteiger charge is 2.05. The molecule has 2 N–H and O–H groups in total. The molecule has 0 spiro atoms. The number of hydrogen-bond donors (Lipinski definition) is 2. The highest BCUT2D eigenvalue weighted by Crippen LogP contribution is 2.08. The number of aromatic nitrogens is 1. The van der Waals surface area contributed by atoms with Crippen LogP contribution in [0.4, 0.5) is 5.69 Å². The first-order valence-corrected chi connectivity index (χ1v) is 6.80. The van der Waals surface area contributed by atoms with Crippen LogP contribution in [0.2, 0.25) is 0 Å². The first-order valence-electron chi connectivity index (χ1n) is 5.65. The van der Waals surface area contributed by atoms with E-state index in [4.69, 9.17) is 9.84 Å². The fourth-order valence-corrected chi connectivity index (χ4v) is 1.95. The molecule has 0 atom stereocenters. The van der Waals surface area contributed by atoms with Crippen molar-refractivity contribution in [3.8, 4) is 0 Å². The number of aliphatic carboxylic acids is 1. The molecule has 0 unspecified atom stereocenters. The lowest BCUT2D eigenvalue weighted by molar-refractivity contribution is -0.136.